The molecule has 2 amide bonds. The van der Waals surface area contributed by atoms with Crippen LogP contribution in [-0.4, -0.2) is 38.3 Å². The number of halogens is 1. The first-order chi connectivity index (χ1) is 14.8. The van der Waals surface area contributed by atoms with Gasteiger partial charge in [0.05, 0.1) is 5.54 Å². The number of ether oxygens (including phenoxy) is 1. The summed E-state index contributed by atoms with van der Waals surface area (Å²) in [6.45, 7) is 4.17. The molecule has 0 spiro atoms. The number of carbonyl (C=O) groups excluding carboxylic acids is 2. The number of hydrogen-bond acceptors (Lipinski definition) is 8. The van der Waals surface area contributed by atoms with Crippen LogP contribution < -0.4 is 16.2 Å². The number of rotatable bonds is 5. The summed E-state index contributed by atoms with van der Waals surface area (Å²) in [7, 11) is 1.29. The van der Waals surface area contributed by atoms with E-state index in [9.17, 15) is 23.9 Å². The molecule has 0 bridgehead atoms. The minimum Gasteiger partial charge on any atom is -0.501 e. The van der Waals surface area contributed by atoms with Crippen LogP contribution in [0.1, 0.15) is 42.6 Å². The lowest BCUT2D eigenvalue weighted by Crippen LogP contribution is -2.48. The van der Waals surface area contributed by atoms with E-state index in [1.54, 1.807) is 0 Å². The van der Waals surface area contributed by atoms with Gasteiger partial charge in [0.1, 0.15) is 11.6 Å². The number of aromatic hydroxyl groups is 1. The number of nitrogens with zero attached hydrogens (tertiary/aromatic N) is 2. The predicted octanol–water partition coefficient (Wildman–Crippen LogP) is 0.897. The minimum atomic E-state index is -1.38. The van der Waals surface area contributed by atoms with Crippen LogP contribution in [0.15, 0.2) is 29.1 Å². The molecule has 170 valence electrons. The fourth-order valence-electron chi connectivity index (χ4n) is 2.77. The maximum Gasteiger partial charge on any atom is 0.307 e. The molecule has 0 unspecified atom stereocenters. The van der Waals surface area contributed by atoms with Gasteiger partial charge in [-0.15, -0.1) is 0 Å². The van der Waals surface area contributed by atoms with E-state index >= 15 is 0 Å². The Bertz CT molecular complexity index is 1140. The second-order valence-corrected chi connectivity index (χ2v) is 7.37. The summed E-state index contributed by atoms with van der Waals surface area (Å²) in [6.07, 6.45) is 0. The van der Waals surface area contributed by atoms with Crippen LogP contribution >= 0.6 is 0 Å². The van der Waals surface area contributed by atoms with E-state index in [1.807, 2.05) is 0 Å². The molecule has 0 saturated heterocycles. The third kappa shape index (κ3) is 5.53. The first-order valence-corrected chi connectivity index (χ1v) is 9.30. The number of amides is 2. The number of aromatic nitrogens is 2. The van der Waals surface area contributed by atoms with Gasteiger partial charge in [-0.3, -0.25) is 29.8 Å². The zero-order chi connectivity index (χ0) is 24.2. The first kappa shape index (κ1) is 24.2. The average Bonchev–Trinajstić information content (AvgIpc) is 2.70. The SMILES string of the molecule is CC(=N)OC(=N)C(=O)NC(C)(C)c1nc(C(=O)NCc2ccc(F)cc2)c(O)c(=O)n1C. The Morgan fingerprint density at radius 1 is 1.25 bits per heavy atom. The van der Waals surface area contributed by atoms with Crippen molar-refractivity contribution in [2.24, 2.45) is 7.05 Å². The van der Waals surface area contributed by atoms with Crippen LogP contribution in [0.4, 0.5) is 4.39 Å². The van der Waals surface area contributed by atoms with Crippen LogP contribution in [0.25, 0.3) is 0 Å². The second kappa shape index (κ2) is 9.37. The maximum atomic E-state index is 13.0. The third-order valence-corrected chi connectivity index (χ3v) is 4.29. The van der Waals surface area contributed by atoms with Crippen molar-refractivity contribution in [1.82, 2.24) is 20.2 Å². The lowest BCUT2D eigenvalue weighted by atomic mass is 10.0. The molecule has 1 aromatic heterocycles. The Morgan fingerprint density at radius 2 is 1.84 bits per heavy atom. The van der Waals surface area contributed by atoms with Crippen molar-refractivity contribution in [3.05, 3.63) is 57.5 Å². The van der Waals surface area contributed by atoms with Gasteiger partial charge in [-0.05, 0) is 31.5 Å². The van der Waals surface area contributed by atoms with E-state index in [1.165, 1.54) is 52.1 Å². The molecule has 2 rings (SSSR count). The summed E-state index contributed by atoms with van der Waals surface area (Å²) in [5.41, 5.74) is -2.29. The standard InChI is InChI=1S/C20H23FN6O5/c1-10(22)32-15(23)17(30)26-20(2,3)19-25-13(14(28)18(31)27(19)4)16(29)24-9-11-5-7-12(21)8-6-11/h5-8,22-23,28H,9H2,1-4H3,(H,24,29)(H,26,30). The van der Waals surface area contributed by atoms with E-state index in [0.717, 1.165) is 4.57 Å². The Hall–Kier alpha value is -4.09. The van der Waals surface area contributed by atoms with Gasteiger partial charge in [0, 0.05) is 20.5 Å². The van der Waals surface area contributed by atoms with Crippen molar-refractivity contribution < 1.29 is 23.8 Å². The van der Waals surface area contributed by atoms with Gasteiger partial charge in [0.15, 0.2) is 11.6 Å². The molecule has 1 heterocycles. The molecule has 11 nitrogen and oxygen atoms in total. The highest BCUT2D eigenvalue weighted by Gasteiger charge is 2.32. The molecule has 0 aliphatic heterocycles. The van der Waals surface area contributed by atoms with E-state index in [2.05, 4.69) is 20.4 Å². The van der Waals surface area contributed by atoms with E-state index in [4.69, 9.17) is 10.8 Å². The van der Waals surface area contributed by atoms with Crippen molar-refractivity contribution in [3.63, 3.8) is 0 Å². The van der Waals surface area contributed by atoms with Crippen molar-refractivity contribution in [2.75, 3.05) is 0 Å². The molecule has 0 saturated carbocycles. The van der Waals surface area contributed by atoms with Gasteiger partial charge >= 0.3 is 5.91 Å². The summed E-state index contributed by atoms with van der Waals surface area (Å²) in [4.78, 5) is 41.3. The minimum absolute atomic E-state index is 0.0115. The van der Waals surface area contributed by atoms with Crippen LogP contribution in [0.2, 0.25) is 0 Å². The Labute approximate surface area is 182 Å². The van der Waals surface area contributed by atoms with Gasteiger partial charge in [0.2, 0.25) is 5.75 Å². The highest BCUT2D eigenvalue weighted by molar-refractivity contribution is 6.35. The van der Waals surface area contributed by atoms with Crippen LogP contribution in [0.3, 0.4) is 0 Å². The van der Waals surface area contributed by atoms with Crippen molar-refractivity contribution in [3.8, 4) is 5.75 Å². The van der Waals surface area contributed by atoms with Crippen molar-refractivity contribution in [1.29, 1.82) is 10.8 Å². The molecule has 0 atom stereocenters. The molecular formula is C20H23FN6O5. The van der Waals surface area contributed by atoms with Gasteiger partial charge in [-0.2, -0.15) is 0 Å². The molecule has 0 aliphatic carbocycles. The molecule has 0 aliphatic rings. The number of nitrogens with one attached hydrogen (secondary N) is 4. The van der Waals surface area contributed by atoms with Crippen molar-refractivity contribution >= 4 is 23.6 Å². The van der Waals surface area contributed by atoms with E-state index in [-0.39, 0.29) is 18.3 Å². The number of hydrogen-bond donors (Lipinski definition) is 5. The summed E-state index contributed by atoms with van der Waals surface area (Å²) >= 11 is 0. The molecule has 2 aromatic rings. The predicted molar refractivity (Wildman–Crippen MR) is 112 cm³/mol. The Kier molecular flexibility index (Phi) is 7.08. The van der Waals surface area contributed by atoms with Gasteiger partial charge in [0.25, 0.3) is 17.4 Å². The molecular weight excluding hydrogens is 423 g/mol. The normalized spacial score (nSPS) is 10.9. The second-order valence-electron chi connectivity index (χ2n) is 7.37. The summed E-state index contributed by atoms with van der Waals surface area (Å²) in [5.74, 6) is -4.45. The third-order valence-electron chi connectivity index (χ3n) is 4.29. The van der Waals surface area contributed by atoms with Crippen LogP contribution in [-0.2, 0) is 28.7 Å². The highest BCUT2D eigenvalue weighted by Crippen LogP contribution is 2.20. The summed E-state index contributed by atoms with van der Waals surface area (Å²) < 4.78 is 18.6. The van der Waals surface area contributed by atoms with E-state index < -0.39 is 46.1 Å². The maximum absolute atomic E-state index is 13.0. The topological polar surface area (TPSA) is 170 Å². The lowest BCUT2D eigenvalue weighted by molar-refractivity contribution is -0.117. The average molecular weight is 446 g/mol. The quantitative estimate of drug-likeness (QED) is 0.337. The summed E-state index contributed by atoms with van der Waals surface area (Å²) in [6, 6.07) is 5.37. The highest BCUT2D eigenvalue weighted by atomic mass is 19.1. The zero-order valence-electron chi connectivity index (χ0n) is 17.9. The number of carbonyl (C=O) groups is 2. The monoisotopic (exact) mass is 446 g/mol. The van der Waals surface area contributed by atoms with Gasteiger partial charge in [-0.1, -0.05) is 12.1 Å². The molecule has 0 radical (unpaired) electrons. The molecule has 0 fully saturated rings. The van der Waals surface area contributed by atoms with E-state index in [0.29, 0.717) is 5.56 Å². The molecule has 12 heteroatoms. The fourth-order valence-corrected chi connectivity index (χ4v) is 2.77. The Morgan fingerprint density at radius 3 is 2.41 bits per heavy atom. The summed E-state index contributed by atoms with van der Waals surface area (Å²) in [5, 5.41) is 29.9. The van der Waals surface area contributed by atoms with Crippen LogP contribution in [0.5, 0.6) is 5.75 Å². The lowest BCUT2D eigenvalue weighted by Gasteiger charge is -2.27. The Balaban J connectivity index is 2.32. The first-order valence-electron chi connectivity index (χ1n) is 9.30. The molecule has 5 N–H and O–H groups in total. The van der Waals surface area contributed by atoms with Gasteiger partial charge < -0.3 is 20.5 Å². The smallest absolute Gasteiger partial charge is 0.307 e. The fraction of sp³-hybridized carbons (Fsp3) is 0.300. The van der Waals surface area contributed by atoms with Crippen molar-refractivity contribution in [2.45, 2.75) is 32.9 Å². The number of benzene rings is 1. The molecule has 32 heavy (non-hydrogen) atoms. The largest absolute Gasteiger partial charge is 0.501 e. The van der Waals surface area contributed by atoms with Crippen LogP contribution in [0, 0.1) is 16.6 Å². The van der Waals surface area contributed by atoms with Gasteiger partial charge in [-0.25, -0.2) is 9.37 Å². The molecule has 1 aromatic carbocycles. The zero-order valence-corrected chi connectivity index (χ0v) is 17.9.